The van der Waals surface area contributed by atoms with Crippen LogP contribution in [0.3, 0.4) is 0 Å². The third kappa shape index (κ3) is 5.57. The monoisotopic (exact) mass is 348 g/mol. The second-order valence-corrected chi connectivity index (χ2v) is 6.25. The summed E-state index contributed by atoms with van der Waals surface area (Å²) in [5, 5.41) is 20.0. The van der Waals surface area contributed by atoms with E-state index in [0.717, 1.165) is 26.2 Å². The first-order valence-electron chi connectivity index (χ1n) is 7.40. The lowest BCUT2D eigenvalue weighted by Gasteiger charge is -2.35. The zero-order valence-corrected chi connectivity index (χ0v) is 13.9. The summed E-state index contributed by atoms with van der Waals surface area (Å²) in [7, 11) is 0. The molecule has 22 heavy (non-hydrogen) atoms. The van der Waals surface area contributed by atoms with Gasteiger partial charge in [0.2, 0.25) is 0 Å². The van der Waals surface area contributed by atoms with Crippen molar-refractivity contribution in [3.8, 4) is 5.75 Å². The number of piperazine rings is 1. The van der Waals surface area contributed by atoms with Crippen molar-refractivity contribution in [1.82, 2.24) is 9.80 Å². The Balaban J connectivity index is 1.71. The van der Waals surface area contributed by atoms with E-state index in [1.807, 2.05) is 0 Å². The highest BCUT2D eigenvalue weighted by Gasteiger charge is 2.19. The molecule has 2 rings (SSSR count). The molecule has 1 aliphatic rings. The Labute approximate surface area is 141 Å². The normalized spacial score (nSPS) is 18.4. The van der Waals surface area contributed by atoms with Gasteiger partial charge in [-0.05, 0) is 18.2 Å². The van der Waals surface area contributed by atoms with Gasteiger partial charge in [0, 0.05) is 44.3 Å². The third-order valence-corrected chi connectivity index (χ3v) is 4.21. The molecule has 1 heterocycles. The van der Waals surface area contributed by atoms with Crippen LogP contribution in [0.25, 0.3) is 0 Å². The number of nitrogens with zero attached hydrogens (tertiary/aromatic N) is 2. The van der Waals surface area contributed by atoms with Crippen LogP contribution in [0, 0.1) is 0 Å². The Morgan fingerprint density at radius 1 is 1.14 bits per heavy atom. The minimum atomic E-state index is -0.573. The second-order valence-electron chi connectivity index (χ2n) is 5.41. The number of halogens is 2. The highest BCUT2D eigenvalue weighted by Crippen LogP contribution is 2.27. The lowest BCUT2D eigenvalue weighted by molar-refractivity contribution is 0.0429. The molecule has 7 heteroatoms. The predicted molar refractivity (Wildman–Crippen MR) is 87.9 cm³/mol. The van der Waals surface area contributed by atoms with Crippen LogP contribution < -0.4 is 4.74 Å². The van der Waals surface area contributed by atoms with Gasteiger partial charge in [0.15, 0.2) is 0 Å². The fraction of sp³-hybridized carbons (Fsp3) is 0.600. The molecular formula is C15H22Cl2N2O3. The topological polar surface area (TPSA) is 56.2 Å². The van der Waals surface area contributed by atoms with E-state index in [1.165, 1.54) is 0 Å². The van der Waals surface area contributed by atoms with E-state index in [1.54, 1.807) is 18.2 Å². The van der Waals surface area contributed by atoms with Gasteiger partial charge in [-0.2, -0.15) is 0 Å². The lowest BCUT2D eigenvalue weighted by Crippen LogP contribution is -2.49. The molecule has 5 nitrogen and oxygen atoms in total. The summed E-state index contributed by atoms with van der Waals surface area (Å²) in [5.41, 5.74) is 0. The van der Waals surface area contributed by atoms with Gasteiger partial charge in [0.1, 0.15) is 18.5 Å². The summed E-state index contributed by atoms with van der Waals surface area (Å²) < 4.78 is 5.54. The van der Waals surface area contributed by atoms with Crippen LogP contribution in [0.5, 0.6) is 5.75 Å². The Hall–Kier alpha value is -0.560. The minimum Gasteiger partial charge on any atom is -0.489 e. The fourth-order valence-corrected chi connectivity index (χ4v) is 2.93. The summed E-state index contributed by atoms with van der Waals surface area (Å²) >= 11 is 11.9. The SMILES string of the molecule is OCCN1CCN(C[C@@H](O)COc2ccc(Cl)cc2Cl)CC1. The van der Waals surface area contributed by atoms with E-state index in [0.29, 0.717) is 28.9 Å². The average molecular weight is 349 g/mol. The zero-order chi connectivity index (χ0) is 15.9. The van der Waals surface area contributed by atoms with E-state index < -0.39 is 6.10 Å². The number of hydrogen-bond donors (Lipinski definition) is 2. The summed E-state index contributed by atoms with van der Waals surface area (Å²) in [4.78, 5) is 4.41. The van der Waals surface area contributed by atoms with E-state index >= 15 is 0 Å². The molecule has 0 aliphatic carbocycles. The summed E-state index contributed by atoms with van der Waals surface area (Å²) in [6.07, 6.45) is -0.573. The van der Waals surface area contributed by atoms with Gasteiger partial charge in [0.05, 0.1) is 11.6 Å². The van der Waals surface area contributed by atoms with Crippen LogP contribution in [0.1, 0.15) is 0 Å². The van der Waals surface area contributed by atoms with Crippen molar-refractivity contribution in [2.24, 2.45) is 0 Å². The molecule has 0 amide bonds. The number of β-amino-alcohol motifs (C(OH)–C–C–N with tert-alkyl or cyclic N) is 2. The number of aliphatic hydroxyl groups is 2. The number of benzene rings is 1. The Morgan fingerprint density at radius 2 is 1.82 bits per heavy atom. The van der Waals surface area contributed by atoms with Gasteiger partial charge in [-0.3, -0.25) is 9.80 Å². The zero-order valence-electron chi connectivity index (χ0n) is 12.4. The van der Waals surface area contributed by atoms with Crippen LogP contribution in [-0.2, 0) is 0 Å². The first-order chi connectivity index (χ1) is 10.6. The smallest absolute Gasteiger partial charge is 0.138 e. The van der Waals surface area contributed by atoms with Crippen LogP contribution >= 0.6 is 23.2 Å². The van der Waals surface area contributed by atoms with Gasteiger partial charge >= 0.3 is 0 Å². The molecule has 1 aliphatic heterocycles. The van der Waals surface area contributed by atoms with Crippen molar-refractivity contribution in [3.05, 3.63) is 28.2 Å². The molecular weight excluding hydrogens is 327 g/mol. The molecule has 0 radical (unpaired) electrons. The molecule has 0 aromatic heterocycles. The molecule has 1 saturated heterocycles. The van der Waals surface area contributed by atoms with E-state index in [2.05, 4.69) is 9.80 Å². The third-order valence-electron chi connectivity index (χ3n) is 3.68. The second kappa shape index (κ2) is 8.91. The fourth-order valence-electron chi connectivity index (χ4n) is 2.47. The Morgan fingerprint density at radius 3 is 2.45 bits per heavy atom. The first kappa shape index (κ1) is 17.8. The van der Waals surface area contributed by atoms with Crippen molar-refractivity contribution in [1.29, 1.82) is 0 Å². The van der Waals surface area contributed by atoms with Crippen LogP contribution in [0.2, 0.25) is 10.0 Å². The molecule has 1 aromatic rings. The van der Waals surface area contributed by atoms with Crippen molar-refractivity contribution in [3.63, 3.8) is 0 Å². The van der Waals surface area contributed by atoms with Gasteiger partial charge in [-0.15, -0.1) is 0 Å². The van der Waals surface area contributed by atoms with E-state index in [9.17, 15) is 5.11 Å². The quantitative estimate of drug-likeness (QED) is 0.778. The van der Waals surface area contributed by atoms with Crippen molar-refractivity contribution in [2.45, 2.75) is 6.10 Å². The Bertz CT molecular complexity index is 468. The maximum atomic E-state index is 10.1. The molecule has 0 saturated carbocycles. The summed E-state index contributed by atoms with van der Waals surface area (Å²) in [5.74, 6) is 0.526. The van der Waals surface area contributed by atoms with Crippen molar-refractivity contribution in [2.75, 3.05) is 52.5 Å². The largest absolute Gasteiger partial charge is 0.489 e. The molecule has 124 valence electrons. The summed E-state index contributed by atoms with van der Waals surface area (Å²) in [6, 6.07) is 5.02. The van der Waals surface area contributed by atoms with Crippen LogP contribution in [0.15, 0.2) is 18.2 Å². The maximum Gasteiger partial charge on any atom is 0.138 e. The van der Waals surface area contributed by atoms with Crippen LogP contribution in [0.4, 0.5) is 0 Å². The standard InChI is InChI=1S/C15H22Cl2N2O3/c16-12-1-2-15(14(17)9-12)22-11-13(21)10-19-5-3-18(4-6-19)7-8-20/h1-2,9,13,20-21H,3-8,10-11H2/t13-/m1/s1. The van der Waals surface area contributed by atoms with E-state index in [4.69, 9.17) is 33.0 Å². The summed E-state index contributed by atoms with van der Waals surface area (Å²) in [6.45, 7) is 5.27. The van der Waals surface area contributed by atoms with Crippen LogP contribution in [-0.4, -0.2) is 78.6 Å². The predicted octanol–water partition coefficient (Wildman–Crippen LogP) is 1.34. The minimum absolute atomic E-state index is 0.193. The van der Waals surface area contributed by atoms with Gasteiger partial charge in [0.25, 0.3) is 0 Å². The number of aliphatic hydroxyl groups excluding tert-OH is 2. The van der Waals surface area contributed by atoms with Crippen molar-refractivity contribution < 1.29 is 14.9 Å². The maximum absolute atomic E-state index is 10.1. The molecule has 1 atom stereocenters. The van der Waals surface area contributed by atoms with E-state index in [-0.39, 0.29) is 13.2 Å². The molecule has 0 unspecified atom stereocenters. The first-order valence-corrected chi connectivity index (χ1v) is 8.15. The molecule has 0 spiro atoms. The molecule has 1 fully saturated rings. The molecule has 0 bridgehead atoms. The Kier molecular flexibility index (Phi) is 7.21. The number of rotatable bonds is 7. The van der Waals surface area contributed by atoms with Gasteiger partial charge < -0.3 is 14.9 Å². The van der Waals surface area contributed by atoms with Gasteiger partial charge in [-0.1, -0.05) is 23.2 Å². The molecule has 1 aromatic carbocycles. The van der Waals surface area contributed by atoms with Crippen molar-refractivity contribution >= 4 is 23.2 Å². The average Bonchev–Trinajstić information content (AvgIpc) is 2.49. The lowest BCUT2D eigenvalue weighted by atomic mass is 10.2. The number of hydrogen-bond acceptors (Lipinski definition) is 5. The number of ether oxygens (including phenoxy) is 1. The molecule has 2 N–H and O–H groups in total. The highest BCUT2D eigenvalue weighted by molar-refractivity contribution is 6.35. The highest BCUT2D eigenvalue weighted by atomic mass is 35.5. The van der Waals surface area contributed by atoms with Gasteiger partial charge in [-0.25, -0.2) is 0 Å².